The number of hydrogen-bond acceptors (Lipinski definition) is 3. The van der Waals surface area contributed by atoms with Crippen molar-refractivity contribution in [1.29, 1.82) is 5.26 Å². The normalized spacial score (nSPS) is 11.1. The molecule has 0 heterocycles. The van der Waals surface area contributed by atoms with E-state index in [4.69, 9.17) is 4.74 Å². The van der Waals surface area contributed by atoms with E-state index in [0.29, 0.717) is 23.5 Å². The molecule has 3 aromatic carbocycles. The first-order valence-corrected chi connectivity index (χ1v) is 9.36. The van der Waals surface area contributed by atoms with E-state index in [1.165, 1.54) is 4.90 Å². The zero-order valence-corrected chi connectivity index (χ0v) is 16.1. The van der Waals surface area contributed by atoms with Crippen LogP contribution in [0.4, 0.5) is 0 Å². The fraction of sp³-hybridized carbons (Fsp3) is 0.120. The summed E-state index contributed by atoms with van der Waals surface area (Å²) in [5, 5.41) is 9.95. The predicted molar refractivity (Wildman–Crippen MR) is 113 cm³/mol. The van der Waals surface area contributed by atoms with Crippen LogP contribution in [0.5, 0.6) is 5.75 Å². The monoisotopic (exact) mass is 382 g/mol. The number of hydrogen-bond donors (Lipinski definition) is 0. The molecule has 4 nitrogen and oxygen atoms in total. The van der Waals surface area contributed by atoms with E-state index in [2.05, 4.69) is 12.6 Å². The number of nitrogens with zero attached hydrogens (tertiary/aromatic N) is 2. The maximum absolute atomic E-state index is 13.1. The van der Waals surface area contributed by atoms with Gasteiger partial charge in [0.25, 0.3) is 5.91 Å². The van der Waals surface area contributed by atoms with Crippen LogP contribution in [0, 0.1) is 11.3 Å². The second kappa shape index (κ2) is 9.91. The predicted octanol–water partition coefficient (Wildman–Crippen LogP) is 5.16. The number of benzene rings is 3. The first kappa shape index (κ1) is 19.9. The number of ether oxygens (including phenoxy) is 1. The molecule has 0 unspecified atom stereocenters. The van der Waals surface area contributed by atoms with Gasteiger partial charge in [0.15, 0.2) is 0 Å². The van der Waals surface area contributed by atoms with Gasteiger partial charge < -0.3 is 9.64 Å². The van der Waals surface area contributed by atoms with Gasteiger partial charge in [-0.25, -0.2) is 0 Å². The van der Waals surface area contributed by atoms with Crippen molar-refractivity contribution in [3.05, 3.63) is 114 Å². The number of carbonyl (C=O) groups excluding carboxylic acids is 1. The molecule has 0 aliphatic rings. The lowest BCUT2D eigenvalue weighted by Crippen LogP contribution is -2.34. The molecule has 0 saturated carbocycles. The van der Waals surface area contributed by atoms with Crippen LogP contribution in [0.3, 0.4) is 0 Å². The first-order valence-electron chi connectivity index (χ1n) is 9.36. The summed E-state index contributed by atoms with van der Waals surface area (Å²) in [6, 6.07) is 27.6. The highest BCUT2D eigenvalue weighted by atomic mass is 16.5. The Kier molecular flexibility index (Phi) is 6.80. The van der Waals surface area contributed by atoms with E-state index < -0.39 is 6.04 Å². The first-order chi connectivity index (χ1) is 14.2. The van der Waals surface area contributed by atoms with Gasteiger partial charge >= 0.3 is 0 Å². The molecule has 0 bridgehead atoms. The van der Waals surface area contributed by atoms with Gasteiger partial charge in [-0.1, -0.05) is 72.8 Å². The molecule has 0 radical (unpaired) electrons. The van der Waals surface area contributed by atoms with Crippen LogP contribution in [-0.4, -0.2) is 17.4 Å². The Hall–Kier alpha value is -3.84. The second-order valence-electron chi connectivity index (χ2n) is 6.46. The number of rotatable bonds is 8. The molecule has 0 aliphatic heterocycles. The second-order valence-corrected chi connectivity index (χ2v) is 6.46. The molecule has 3 rings (SSSR count). The van der Waals surface area contributed by atoms with Gasteiger partial charge in [0.2, 0.25) is 0 Å². The van der Waals surface area contributed by atoms with Crippen LogP contribution in [0.25, 0.3) is 0 Å². The molecule has 4 heteroatoms. The van der Waals surface area contributed by atoms with Gasteiger partial charge in [0, 0.05) is 17.7 Å². The van der Waals surface area contributed by atoms with Crippen LogP contribution < -0.4 is 4.74 Å². The van der Waals surface area contributed by atoms with Crippen LogP contribution in [0.15, 0.2) is 97.6 Å². The quantitative estimate of drug-likeness (QED) is 0.506. The Morgan fingerprint density at radius 3 is 2.28 bits per heavy atom. The summed E-state index contributed by atoms with van der Waals surface area (Å²) in [5.41, 5.74) is 2.20. The molecule has 0 N–H and O–H groups in total. The third-order valence-electron chi connectivity index (χ3n) is 4.49. The average molecular weight is 382 g/mol. The Balaban J connectivity index is 1.90. The molecule has 1 atom stereocenters. The molecule has 0 aliphatic carbocycles. The smallest absolute Gasteiger partial charge is 0.255 e. The number of para-hydroxylation sites is 1. The minimum absolute atomic E-state index is 0.227. The lowest BCUT2D eigenvalue weighted by molar-refractivity contribution is 0.0736. The average Bonchev–Trinajstić information content (AvgIpc) is 2.79. The van der Waals surface area contributed by atoms with Gasteiger partial charge in [-0.15, -0.1) is 6.58 Å². The molecule has 0 saturated heterocycles. The van der Waals surface area contributed by atoms with Crippen molar-refractivity contribution in [2.24, 2.45) is 0 Å². The molecule has 29 heavy (non-hydrogen) atoms. The summed E-state index contributed by atoms with van der Waals surface area (Å²) >= 11 is 0. The Bertz CT molecular complexity index is 994. The third kappa shape index (κ3) is 4.91. The van der Waals surface area contributed by atoms with Crippen LogP contribution in [-0.2, 0) is 6.61 Å². The summed E-state index contributed by atoms with van der Waals surface area (Å²) in [6.45, 7) is 4.38. The van der Waals surface area contributed by atoms with Crippen molar-refractivity contribution in [1.82, 2.24) is 4.90 Å². The van der Waals surface area contributed by atoms with Gasteiger partial charge in [0.05, 0.1) is 6.07 Å². The zero-order chi connectivity index (χ0) is 20.5. The largest absolute Gasteiger partial charge is 0.489 e. The van der Waals surface area contributed by atoms with E-state index in [9.17, 15) is 10.1 Å². The minimum Gasteiger partial charge on any atom is -0.489 e. The van der Waals surface area contributed by atoms with Gasteiger partial charge in [-0.2, -0.15) is 5.26 Å². The fourth-order valence-corrected chi connectivity index (χ4v) is 3.07. The summed E-state index contributed by atoms with van der Waals surface area (Å²) < 4.78 is 6.00. The van der Waals surface area contributed by atoms with Crippen molar-refractivity contribution in [3.63, 3.8) is 0 Å². The Morgan fingerprint density at radius 2 is 1.62 bits per heavy atom. The summed E-state index contributed by atoms with van der Waals surface area (Å²) in [6.07, 6.45) is 1.62. The van der Waals surface area contributed by atoms with Crippen LogP contribution >= 0.6 is 0 Å². The van der Waals surface area contributed by atoms with E-state index in [-0.39, 0.29) is 12.5 Å². The van der Waals surface area contributed by atoms with Crippen molar-refractivity contribution in [3.8, 4) is 11.8 Å². The number of carbonyl (C=O) groups is 1. The third-order valence-corrected chi connectivity index (χ3v) is 4.49. The number of amides is 1. The lowest BCUT2D eigenvalue weighted by atomic mass is 10.0. The molecule has 1 amide bonds. The molecule has 144 valence electrons. The Morgan fingerprint density at radius 1 is 1.00 bits per heavy atom. The summed E-state index contributed by atoms with van der Waals surface area (Å²) in [4.78, 5) is 14.6. The Labute approximate surface area is 171 Å². The zero-order valence-electron chi connectivity index (χ0n) is 16.1. The lowest BCUT2D eigenvalue weighted by Gasteiger charge is -2.28. The maximum Gasteiger partial charge on any atom is 0.255 e. The fourth-order valence-electron chi connectivity index (χ4n) is 3.07. The van der Waals surface area contributed by atoms with Crippen molar-refractivity contribution >= 4 is 5.91 Å². The molecular formula is C25H22N2O2. The van der Waals surface area contributed by atoms with E-state index in [1.54, 1.807) is 30.3 Å². The van der Waals surface area contributed by atoms with E-state index in [0.717, 1.165) is 5.56 Å². The topological polar surface area (TPSA) is 53.3 Å². The van der Waals surface area contributed by atoms with Crippen molar-refractivity contribution < 1.29 is 9.53 Å². The van der Waals surface area contributed by atoms with Gasteiger partial charge in [0.1, 0.15) is 18.4 Å². The highest BCUT2D eigenvalue weighted by Gasteiger charge is 2.27. The van der Waals surface area contributed by atoms with Crippen molar-refractivity contribution in [2.45, 2.75) is 12.6 Å². The number of nitriles is 1. The molecule has 3 aromatic rings. The summed E-state index contributed by atoms with van der Waals surface area (Å²) in [7, 11) is 0. The van der Waals surface area contributed by atoms with Crippen molar-refractivity contribution in [2.75, 3.05) is 6.54 Å². The van der Waals surface area contributed by atoms with Crippen LogP contribution in [0.1, 0.15) is 27.5 Å². The molecule has 0 fully saturated rings. The van der Waals surface area contributed by atoms with E-state index >= 15 is 0 Å². The molecule has 0 aromatic heterocycles. The summed E-state index contributed by atoms with van der Waals surface area (Å²) in [5.74, 6) is 0.354. The van der Waals surface area contributed by atoms with E-state index in [1.807, 2.05) is 60.7 Å². The highest BCUT2D eigenvalue weighted by Crippen LogP contribution is 2.30. The molecule has 0 spiro atoms. The van der Waals surface area contributed by atoms with Gasteiger partial charge in [-0.05, 0) is 23.8 Å². The molecular weight excluding hydrogens is 360 g/mol. The SMILES string of the molecule is C=CCN(C(=O)c1ccccc1)[C@H](C#N)c1ccccc1OCc1ccccc1. The highest BCUT2D eigenvalue weighted by molar-refractivity contribution is 5.94. The minimum atomic E-state index is -0.798. The van der Waals surface area contributed by atoms with Crippen LogP contribution in [0.2, 0.25) is 0 Å². The standard InChI is InChI=1S/C25H22N2O2/c1-2-17-27(25(28)21-13-7-4-8-14-21)23(18-26)22-15-9-10-16-24(22)29-19-20-11-5-3-6-12-20/h2-16,23H,1,17,19H2/t23-/m1/s1. The maximum atomic E-state index is 13.1. The van der Waals surface area contributed by atoms with Gasteiger partial charge in [-0.3, -0.25) is 4.79 Å².